The maximum absolute atomic E-state index is 11.3. The van der Waals surface area contributed by atoms with Gasteiger partial charge in [-0.25, -0.2) is 4.79 Å². The number of aryl methyl sites for hydroxylation is 2. The molecule has 0 aromatic carbocycles. The summed E-state index contributed by atoms with van der Waals surface area (Å²) in [7, 11) is 0. The minimum atomic E-state index is -0.483. The maximum atomic E-state index is 11.3. The van der Waals surface area contributed by atoms with Crippen LogP contribution in [0.3, 0.4) is 0 Å². The van der Waals surface area contributed by atoms with Crippen LogP contribution in [-0.4, -0.2) is 17.8 Å². The molecule has 1 aromatic rings. The first-order chi connectivity index (χ1) is 8.02. The summed E-state index contributed by atoms with van der Waals surface area (Å²) in [6, 6.07) is 1.55. The van der Waals surface area contributed by atoms with Crippen LogP contribution in [0, 0.1) is 13.8 Å². The number of rotatable bonds is 4. The highest BCUT2D eigenvalue weighted by Gasteiger charge is 2.07. The molecule has 4 nitrogen and oxygen atoms in total. The van der Waals surface area contributed by atoms with Gasteiger partial charge in [0, 0.05) is 22.1 Å². The van der Waals surface area contributed by atoms with Crippen LogP contribution in [0.2, 0.25) is 0 Å². The lowest BCUT2D eigenvalue weighted by Crippen LogP contribution is -2.39. The smallest absolute Gasteiger partial charge is 0.321 e. The van der Waals surface area contributed by atoms with Crippen LogP contribution < -0.4 is 10.6 Å². The van der Waals surface area contributed by atoms with Crippen LogP contribution in [-0.2, 0) is 11.3 Å². The molecule has 0 spiro atoms. The summed E-state index contributed by atoms with van der Waals surface area (Å²) in [5.74, 6) is -0.154. The molecule has 0 saturated heterocycles. The molecule has 17 heavy (non-hydrogen) atoms. The standard InChI is InChI=1S/C11H15ClN2O2S/c1-7-5-9(17-8(7)2)6-13-11(16)14-10(15)3-4-12/h5H,3-4,6H2,1-2H3,(H2,13,14,15,16). The molecule has 0 unspecified atom stereocenters. The SMILES string of the molecule is Cc1cc(CNC(=O)NC(=O)CCCl)sc1C. The molecule has 1 heterocycles. The van der Waals surface area contributed by atoms with Crippen molar-refractivity contribution in [1.82, 2.24) is 10.6 Å². The van der Waals surface area contributed by atoms with Crippen LogP contribution >= 0.6 is 22.9 Å². The average Bonchev–Trinajstić information content (AvgIpc) is 2.56. The second kappa shape index (κ2) is 6.61. The quantitative estimate of drug-likeness (QED) is 0.828. The lowest BCUT2D eigenvalue weighted by Gasteiger charge is -2.04. The number of hydrogen-bond acceptors (Lipinski definition) is 3. The Bertz CT molecular complexity index is 398. The molecule has 0 fully saturated rings. The van der Waals surface area contributed by atoms with Crippen molar-refractivity contribution in [3.63, 3.8) is 0 Å². The largest absolute Gasteiger partial charge is 0.333 e. The fraction of sp³-hybridized carbons (Fsp3) is 0.455. The molecule has 6 heteroatoms. The molecular weight excluding hydrogens is 260 g/mol. The molecule has 0 aliphatic heterocycles. The number of hydrogen-bond donors (Lipinski definition) is 2. The average molecular weight is 275 g/mol. The van der Waals surface area contributed by atoms with E-state index in [1.807, 2.05) is 19.9 Å². The van der Waals surface area contributed by atoms with Gasteiger partial charge < -0.3 is 5.32 Å². The molecular formula is C11H15ClN2O2S. The van der Waals surface area contributed by atoms with Gasteiger partial charge in [0.25, 0.3) is 0 Å². The summed E-state index contributed by atoms with van der Waals surface area (Å²) in [6.07, 6.45) is 0.145. The van der Waals surface area contributed by atoms with Crippen molar-refractivity contribution in [2.75, 3.05) is 5.88 Å². The fourth-order valence-electron chi connectivity index (χ4n) is 1.22. The molecule has 2 N–H and O–H groups in total. The Morgan fingerprint density at radius 2 is 2.12 bits per heavy atom. The first-order valence-corrected chi connectivity index (χ1v) is 6.57. The number of amides is 3. The van der Waals surface area contributed by atoms with Crippen LogP contribution in [0.4, 0.5) is 4.79 Å². The Morgan fingerprint density at radius 1 is 1.41 bits per heavy atom. The molecule has 0 radical (unpaired) electrons. The first-order valence-electron chi connectivity index (χ1n) is 5.22. The van der Waals surface area contributed by atoms with Gasteiger partial charge in [-0.1, -0.05) is 0 Å². The highest BCUT2D eigenvalue weighted by Crippen LogP contribution is 2.20. The predicted molar refractivity (Wildman–Crippen MR) is 69.5 cm³/mol. The maximum Gasteiger partial charge on any atom is 0.321 e. The number of carbonyl (C=O) groups excluding carboxylic acids is 2. The molecule has 0 atom stereocenters. The van der Waals surface area contributed by atoms with E-state index in [1.165, 1.54) is 10.4 Å². The Hall–Kier alpha value is -1.07. The second-order valence-corrected chi connectivity index (χ2v) is 5.34. The Kier molecular flexibility index (Phi) is 5.44. The van der Waals surface area contributed by atoms with Crippen LogP contribution in [0.25, 0.3) is 0 Å². The van der Waals surface area contributed by atoms with Crippen molar-refractivity contribution in [2.24, 2.45) is 0 Å². The summed E-state index contributed by atoms with van der Waals surface area (Å²) >= 11 is 7.02. The lowest BCUT2D eigenvalue weighted by molar-refractivity contribution is -0.119. The van der Waals surface area contributed by atoms with E-state index in [1.54, 1.807) is 11.3 Å². The van der Waals surface area contributed by atoms with E-state index in [0.717, 1.165) is 4.88 Å². The minimum Gasteiger partial charge on any atom is -0.333 e. The third-order valence-corrected chi connectivity index (χ3v) is 3.56. The van der Waals surface area contributed by atoms with Crippen molar-refractivity contribution in [3.8, 4) is 0 Å². The van der Waals surface area contributed by atoms with Gasteiger partial charge in [0.2, 0.25) is 5.91 Å². The molecule has 94 valence electrons. The van der Waals surface area contributed by atoms with Gasteiger partial charge in [-0.3, -0.25) is 10.1 Å². The van der Waals surface area contributed by atoms with Crippen molar-refractivity contribution in [1.29, 1.82) is 0 Å². The molecule has 0 bridgehead atoms. The third-order valence-electron chi connectivity index (χ3n) is 2.21. The first kappa shape index (κ1) is 14.0. The van der Waals surface area contributed by atoms with E-state index in [9.17, 15) is 9.59 Å². The Labute approximate surface area is 109 Å². The van der Waals surface area contributed by atoms with Gasteiger partial charge in [0.15, 0.2) is 0 Å². The molecule has 1 rings (SSSR count). The zero-order chi connectivity index (χ0) is 12.8. The topological polar surface area (TPSA) is 58.2 Å². The van der Waals surface area contributed by atoms with Crippen molar-refractivity contribution in [2.45, 2.75) is 26.8 Å². The van der Waals surface area contributed by atoms with E-state index in [2.05, 4.69) is 10.6 Å². The van der Waals surface area contributed by atoms with E-state index in [0.29, 0.717) is 6.54 Å². The van der Waals surface area contributed by atoms with Gasteiger partial charge >= 0.3 is 6.03 Å². The van der Waals surface area contributed by atoms with Crippen LogP contribution in [0.5, 0.6) is 0 Å². The van der Waals surface area contributed by atoms with Gasteiger partial charge in [-0.2, -0.15) is 0 Å². The zero-order valence-electron chi connectivity index (χ0n) is 9.80. The normalized spacial score (nSPS) is 10.1. The third kappa shape index (κ3) is 4.75. The molecule has 1 aromatic heterocycles. The Morgan fingerprint density at radius 3 is 2.65 bits per heavy atom. The highest BCUT2D eigenvalue weighted by atomic mass is 35.5. The number of halogens is 1. The number of imide groups is 1. The van der Waals surface area contributed by atoms with E-state index in [-0.39, 0.29) is 18.2 Å². The summed E-state index contributed by atoms with van der Waals surface area (Å²) in [5.41, 5.74) is 1.21. The van der Waals surface area contributed by atoms with Crippen LogP contribution in [0.15, 0.2) is 6.07 Å². The van der Waals surface area contributed by atoms with Crippen molar-refractivity contribution in [3.05, 3.63) is 21.4 Å². The molecule has 0 saturated carbocycles. The van der Waals surface area contributed by atoms with E-state index < -0.39 is 6.03 Å². The zero-order valence-corrected chi connectivity index (χ0v) is 11.4. The van der Waals surface area contributed by atoms with E-state index >= 15 is 0 Å². The number of carbonyl (C=O) groups is 2. The molecule has 0 aliphatic carbocycles. The fourth-order valence-corrected chi connectivity index (χ4v) is 2.39. The van der Waals surface area contributed by atoms with Gasteiger partial charge in [0.1, 0.15) is 0 Å². The van der Waals surface area contributed by atoms with Crippen molar-refractivity contribution >= 4 is 34.9 Å². The number of alkyl halides is 1. The Balaban J connectivity index is 2.35. The van der Waals surface area contributed by atoms with Crippen LogP contribution in [0.1, 0.15) is 21.7 Å². The summed E-state index contributed by atoms with van der Waals surface area (Å²) < 4.78 is 0. The molecule has 3 amide bonds. The predicted octanol–water partition coefficient (Wildman–Crippen LogP) is 2.32. The monoisotopic (exact) mass is 274 g/mol. The van der Waals surface area contributed by atoms with Gasteiger partial charge in [-0.15, -0.1) is 22.9 Å². The van der Waals surface area contributed by atoms with Gasteiger partial charge in [0.05, 0.1) is 6.54 Å². The van der Waals surface area contributed by atoms with Gasteiger partial charge in [-0.05, 0) is 25.5 Å². The molecule has 0 aliphatic rings. The van der Waals surface area contributed by atoms with E-state index in [4.69, 9.17) is 11.6 Å². The second-order valence-electron chi connectivity index (χ2n) is 3.62. The number of thiophene rings is 1. The lowest BCUT2D eigenvalue weighted by atomic mass is 10.3. The summed E-state index contributed by atoms with van der Waals surface area (Å²) in [5, 5.41) is 4.83. The summed E-state index contributed by atoms with van der Waals surface area (Å²) in [4.78, 5) is 24.7. The highest BCUT2D eigenvalue weighted by molar-refractivity contribution is 7.12. The summed E-state index contributed by atoms with van der Waals surface area (Å²) in [6.45, 7) is 4.49. The minimum absolute atomic E-state index is 0.145. The number of urea groups is 1. The van der Waals surface area contributed by atoms with Crippen molar-refractivity contribution < 1.29 is 9.59 Å². The number of nitrogens with one attached hydrogen (secondary N) is 2.